The van der Waals surface area contributed by atoms with E-state index in [-0.39, 0.29) is 11.8 Å². The Balaban J connectivity index is 1.02. The molecule has 2 amide bonds. The molecule has 7 heteroatoms. The molecule has 36 heavy (non-hydrogen) atoms. The Kier molecular flexibility index (Phi) is 5.09. The van der Waals surface area contributed by atoms with E-state index in [1.54, 1.807) is 15.5 Å². The summed E-state index contributed by atoms with van der Waals surface area (Å²) in [7, 11) is 4.04. The Morgan fingerprint density at radius 3 is 2.97 bits per heavy atom. The van der Waals surface area contributed by atoms with E-state index in [2.05, 4.69) is 22.2 Å². The van der Waals surface area contributed by atoms with E-state index in [0.29, 0.717) is 40.5 Å². The first kappa shape index (κ1) is 22.8. The lowest BCUT2D eigenvalue weighted by atomic mass is 9.71. The molecule has 1 aliphatic heterocycles. The molecule has 2 bridgehead atoms. The number of hydrogen-bond acceptors (Lipinski definition) is 4. The van der Waals surface area contributed by atoms with Gasteiger partial charge in [0.15, 0.2) is 0 Å². The maximum atomic E-state index is 13.3. The third kappa shape index (κ3) is 3.60. The number of rotatable bonds is 7. The molecule has 1 N–H and O–H groups in total. The maximum Gasteiger partial charge on any atom is 0.273 e. The summed E-state index contributed by atoms with van der Waals surface area (Å²) in [5, 5.41) is 3.29. The van der Waals surface area contributed by atoms with E-state index in [0.717, 1.165) is 37.3 Å². The molecular weight excluding hydrogens is 450 g/mol. The summed E-state index contributed by atoms with van der Waals surface area (Å²) in [6.45, 7) is 2.63. The van der Waals surface area contributed by atoms with Crippen molar-refractivity contribution < 1.29 is 9.59 Å². The Labute approximate surface area is 213 Å². The zero-order valence-electron chi connectivity index (χ0n) is 21.7. The molecule has 1 saturated heterocycles. The van der Waals surface area contributed by atoms with Gasteiger partial charge >= 0.3 is 0 Å². The van der Waals surface area contributed by atoms with Crippen LogP contribution in [-0.4, -0.2) is 70.8 Å². The van der Waals surface area contributed by atoms with Gasteiger partial charge in [-0.15, -0.1) is 0 Å². The number of piperidine rings is 1. The fourth-order valence-electron chi connectivity index (χ4n) is 8.67. The lowest BCUT2D eigenvalue weighted by molar-refractivity contribution is 0.0765. The summed E-state index contributed by atoms with van der Waals surface area (Å²) in [4.78, 5) is 35.3. The van der Waals surface area contributed by atoms with Crippen LogP contribution in [0.25, 0.3) is 5.65 Å². The van der Waals surface area contributed by atoms with Gasteiger partial charge in [0, 0.05) is 32.4 Å². The first-order valence-electron chi connectivity index (χ1n) is 14.1. The van der Waals surface area contributed by atoms with Gasteiger partial charge in [-0.2, -0.15) is 0 Å². The topological polar surface area (TPSA) is 70.0 Å². The number of nitrogens with zero attached hydrogens (tertiary/aromatic N) is 4. The van der Waals surface area contributed by atoms with Crippen molar-refractivity contribution in [3.8, 4) is 0 Å². The van der Waals surface area contributed by atoms with E-state index < -0.39 is 0 Å². The van der Waals surface area contributed by atoms with Crippen LogP contribution in [0.3, 0.4) is 0 Å². The third-order valence-electron chi connectivity index (χ3n) is 10.7. The predicted molar refractivity (Wildman–Crippen MR) is 138 cm³/mol. The zero-order valence-corrected chi connectivity index (χ0v) is 21.7. The van der Waals surface area contributed by atoms with Crippen molar-refractivity contribution in [1.82, 2.24) is 24.5 Å². The Hall–Kier alpha value is -2.41. The van der Waals surface area contributed by atoms with Gasteiger partial charge in [0.05, 0.1) is 0 Å². The number of aromatic nitrogens is 2. The molecule has 4 saturated carbocycles. The average Bonchev–Trinajstić information content (AvgIpc) is 3.71. The Morgan fingerprint density at radius 1 is 1.22 bits per heavy atom. The van der Waals surface area contributed by atoms with Gasteiger partial charge in [-0.1, -0.05) is 12.5 Å². The summed E-state index contributed by atoms with van der Waals surface area (Å²) < 4.78 is 1.79. The van der Waals surface area contributed by atoms with Crippen molar-refractivity contribution in [2.75, 3.05) is 33.7 Å². The molecule has 5 fully saturated rings. The smallest absolute Gasteiger partial charge is 0.273 e. The summed E-state index contributed by atoms with van der Waals surface area (Å²) in [6.07, 6.45) is 13.3. The highest BCUT2D eigenvalue weighted by molar-refractivity contribution is 5.95. The van der Waals surface area contributed by atoms with Crippen molar-refractivity contribution in [3.63, 3.8) is 0 Å². The second-order valence-electron chi connectivity index (χ2n) is 12.9. The molecule has 2 aromatic heterocycles. The van der Waals surface area contributed by atoms with E-state index in [9.17, 15) is 9.59 Å². The molecule has 3 heterocycles. The number of likely N-dealkylation sites (tertiary alicyclic amines) is 1. The second-order valence-corrected chi connectivity index (χ2v) is 12.9. The minimum absolute atomic E-state index is 0.0624. The monoisotopic (exact) mass is 489 g/mol. The fraction of sp³-hybridized carbons (Fsp3) is 0.690. The van der Waals surface area contributed by atoms with Crippen molar-refractivity contribution in [1.29, 1.82) is 0 Å². The molecule has 7 rings (SSSR count). The quantitative estimate of drug-likeness (QED) is 0.642. The van der Waals surface area contributed by atoms with Gasteiger partial charge in [-0.05, 0) is 106 Å². The number of fused-ring (bicyclic) bond motifs is 3. The minimum atomic E-state index is -0.0842. The standard InChI is InChI=1S/C29H39N5O2/c1-32-10-4-3-6-21(32)9-11-33(2)27(36)23-16-34-24(7-5-8-25(34)31-23)26(35)30-18-28-13-19-12-22(19)29(17-28)15-20(29)14-28/h5,7-8,16,19-22H,3-4,6,9-15,17-18H2,1-2H3,(H,30,35)/t19?,20?,21?,22-,28?,29?/m0/s1. The number of amides is 2. The zero-order chi connectivity index (χ0) is 24.7. The molecule has 5 aliphatic rings. The number of carbonyl (C=O) groups is 2. The molecule has 2 aromatic rings. The molecule has 1 spiro atoms. The second kappa shape index (κ2) is 8.04. The number of carbonyl (C=O) groups excluding carboxylic acids is 2. The molecule has 6 atom stereocenters. The fourth-order valence-corrected chi connectivity index (χ4v) is 8.67. The van der Waals surface area contributed by atoms with Gasteiger partial charge in [-0.3, -0.25) is 14.0 Å². The van der Waals surface area contributed by atoms with Crippen LogP contribution in [0.2, 0.25) is 0 Å². The van der Waals surface area contributed by atoms with E-state index in [1.807, 2.05) is 25.2 Å². The largest absolute Gasteiger partial charge is 0.350 e. The Morgan fingerprint density at radius 2 is 2.11 bits per heavy atom. The van der Waals surface area contributed by atoms with Crippen LogP contribution in [0, 0.1) is 28.6 Å². The highest BCUT2D eigenvalue weighted by Gasteiger charge is 2.76. The molecule has 0 radical (unpaired) electrons. The summed E-state index contributed by atoms with van der Waals surface area (Å²) in [5.41, 5.74) is 2.57. The Bertz CT molecular complexity index is 1220. The minimum Gasteiger partial charge on any atom is -0.350 e. The van der Waals surface area contributed by atoms with Gasteiger partial charge in [0.25, 0.3) is 11.8 Å². The van der Waals surface area contributed by atoms with E-state index in [1.165, 1.54) is 51.4 Å². The molecule has 4 aliphatic carbocycles. The van der Waals surface area contributed by atoms with Crippen molar-refractivity contribution >= 4 is 17.5 Å². The first-order chi connectivity index (χ1) is 17.4. The first-order valence-corrected chi connectivity index (χ1v) is 14.1. The summed E-state index contributed by atoms with van der Waals surface area (Å²) in [5.74, 6) is 2.70. The van der Waals surface area contributed by atoms with Crippen molar-refractivity contribution in [2.24, 2.45) is 28.6 Å². The van der Waals surface area contributed by atoms with Crippen LogP contribution in [0.1, 0.15) is 78.8 Å². The van der Waals surface area contributed by atoms with Crippen LogP contribution in [0.5, 0.6) is 0 Å². The number of pyridine rings is 1. The van der Waals surface area contributed by atoms with Gasteiger partial charge in [-0.25, -0.2) is 4.98 Å². The summed E-state index contributed by atoms with van der Waals surface area (Å²) >= 11 is 0. The van der Waals surface area contributed by atoms with Crippen LogP contribution < -0.4 is 5.32 Å². The maximum absolute atomic E-state index is 13.3. The van der Waals surface area contributed by atoms with Crippen molar-refractivity contribution in [3.05, 3.63) is 35.8 Å². The normalized spacial score (nSPS) is 36.3. The molecule has 192 valence electrons. The molecule has 5 unspecified atom stereocenters. The SMILES string of the molecule is CN(CCC1CCCCN1C)C(=O)c1cn2c(C(=O)NCC34CC5C[C@@H]5C5(CC5C3)C4)cccc2n1. The molecular formula is C29H39N5O2. The van der Waals surface area contributed by atoms with E-state index in [4.69, 9.17) is 0 Å². The van der Waals surface area contributed by atoms with Crippen molar-refractivity contribution in [2.45, 2.75) is 63.8 Å². The average molecular weight is 490 g/mol. The molecule has 0 aromatic carbocycles. The van der Waals surface area contributed by atoms with Crippen LogP contribution in [0.4, 0.5) is 0 Å². The number of imidazole rings is 1. The van der Waals surface area contributed by atoms with E-state index >= 15 is 0 Å². The highest BCUT2D eigenvalue weighted by Crippen LogP contribution is 2.83. The lowest BCUT2D eigenvalue weighted by Crippen LogP contribution is -2.40. The third-order valence-corrected chi connectivity index (χ3v) is 10.7. The lowest BCUT2D eigenvalue weighted by Gasteiger charge is -2.36. The van der Waals surface area contributed by atoms with Gasteiger partial charge < -0.3 is 15.1 Å². The predicted octanol–water partition coefficient (Wildman–Crippen LogP) is 3.84. The molecule has 7 nitrogen and oxygen atoms in total. The number of hydrogen-bond donors (Lipinski definition) is 1. The highest BCUT2D eigenvalue weighted by atomic mass is 16.2. The van der Waals surface area contributed by atoms with Crippen LogP contribution in [-0.2, 0) is 0 Å². The number of nitrogens with one attached hydrogen (secondary N) is 1. The van der Waals surface area contributed by atoms with Crippen LogP contribution in [0.15, 0.2) is 24.4 Å². The van der Waals surface area contributed by atoms with Gasteiger partial charge in [0.1, 0.15) is 17.0 Å². The van der Waals surface area contributed by atoms with Crippen LogP contribution >= 0.6 is 0 Å². The summed E-state index contributed by atoms with van der Waals surface area (Å²) in [6, 6.07) is 6.11. The van der Waals surface area contributed by atoms with Gasteiger partial charge in [0.2, 0.25) is 0 Å².